The van der Waals surface area contributed by atoms with Crippen molar-refractivity contribution in [1.82, 2.24) is 5.32 Å². The SMILES string of the molecule is Cc1cccc(NC(=O)NC(=O)CCCC(=O)O)c1C#N. The minimum absolute atomic E-state index is 0.0569. The van der Waals surface area contributed by atoms with Crippen LogP contribution in [0.2, 0.25) is 0 Å². The minimum atomic E-state index is -0.995. The van der Waals surface area contributed by atoms with Gasteiger partial charge in [-0.25, -0.2) is 4.79 Å². The molecule has 110 valence electrons. The number of imide groups is 1. The number of hydrogen-bond donors (Lipinski definition) is 3. The Morgan fingerprint density at radius 1 is 1.29 bits per heavy atom. The van der Waals surface area contributed by atoms with Crippen molar-refractivity contribution in [2.24, 2.45) is 0 Å². The number of nitriles is 1. The first kappa shape index (κ1) is 16.2. The van der Waals surface area contributed by atoms with E-state index in [1.54, 1.807) is 25.1 Å². The van der Waals surface area contributed by atoms with Gasteiger partial charge in [0.1, 0.15) is 6.07 Å². The molecule has 1 aromatic carbocycles. The van der Waals surface area contributed by atoms with E-state index in [9.17, 15) is 14.4 Å². The van der Waals surface area contributed by atoms with Gasteiger partial charge in [0.2, 0.25) is 5.91 Å². The van der Waals surface area contributed by atoms with Gasteiger partial charge in [-0.2, -0.15) is 5.26 Å². The zero-order valence-corrected chi connectivity index (χ0v) is 11.5. The van der Waals surface area contributed by atoms with Crippen molar-refractivity contribution in [2.75, 3.05) is 5.32 Å². The van der Waals surface area contributed by atoms with Gasteiger partial charge in [0.05, 0.1) is 11.3 Å². The lowest BCUT2D eigenvalue weighted by Gasteiger charge is -2.09. The quantitative estimate of drug-likeness (QED) is 0.763. The minimum Gasteiger partial charge on any atom is -0.481 e. The van der Waals surface area contributed by atoms with Crippen molar-refractivity contribution in [1.29, 1.82) is 5.26 Å². The summed E-state index contributed by atoms with van der Waals surface area (Å²) in [6.07, 6.45) is -0.0352. The molecular formula is C14H15N3O4. The molecule has 0 aromatic heterocycles. The van der Waals surface area contributed by atoms with Crippen LogP contribution < -0.4 is 10.6 Å². The molecule has 0 unspecified atom stereocenters. The third kappa shape index (κ3) is 5.32. The van der Waals surface area contributed by atoms with Gasteiger partial charge in [-0.3, -0.25) is 14.9 Å². The van der Waals surface area contributed by atoms with Crippen LogP contribution in [0.25, 0.3) is 0 Å². The Bertz CT molecular complexity index is 605. The number of nitrogens with zero attached hydrogens (tertiary/aromatic N) is 1. The fraction of sp³-hybridized carbons (Fsp3) is 0.286. The van der Waals surface area contributed by atoms with E-state index in [2.05, 4.69) is 10.6 Å². The first-order valence-electron chi connectivity index (χ1n) is 6.26. The zero-order valence-electron chi connectivity index (χ0n) is 11.5. The Hall–Kier alpha value is -2.88. The van der Waals surface area contributed by atoms with E-state index in [0.29, 0.717) is 16.8 Å². The fourth-order valence-electron chi connectivity index (χ4n) is 1.66. The smallest absolute Gasteiger partial charge is 0.325 e. The van der Waals surface area contributed by atoms with Crippen LogP contribution in [0.15, 0.2) is 18.2 Å². The van der Waals surface area contributed by atoms with E-state index in [1.165, 1.54) is 0 Å². The molecule has 0 spiro atoms. The maximum absolute atomic E-state index is 11.6. The number of aliphatic carboxylic acids is 1. The average Bonchev–Trinajstić information content (AvgIpc) is 2.38. The predicted molar refractivity (Wildman–Crippen MR) is 74.5 cm³/mol. The third-order valence-electron chi connectivity index (χ3n) is 2.68. The van der Waals surface area contributed by atoms with E-state index in [4.69, 9.17) is 10.4 Å². The van der Waals surface area contributed by atoms with Crippen molar-refractivity contribution >= 4 is 23.6 Å². The molecule has 0 saturated heterocycles. The number of anilines is 1. The predicted octanol–water partition coefficient (Wildman–Crippen LogP) is 1.77. The lowest BCUT2D eigenvalue weighted by atomic mass is 10.1. The summed E-state index contributed by atoms with van der Waals surface area (Å²) in [5.74, 6) is -1.56. The fourth-order valence-corrected chi connectivity index (χ4v) is 1.66. The second-order valence-electron chi connectivity index (χ2n) is 4.36. The Morgan fingerprint density at radius 2 is 2.00 bits per heavy atom. The number of carboxylic acid groups (broad SMARTS) is 1. The first-order valence-corrected chi connectivity index (χ1v) is 6.26. The normalized spacial score (nSPS) is 9.52. The largest absolute Gasteiger partial charge is 0.481 e. The summed E-state index contributed by atoms with van der Waals surface area (Å²) in [6.45, 7) is 1.73. The van der Waals surface area contributed by atoms with Crippen LogP contribution in [-0.4, -0.2) is 23.0 Å². The summed E-state index contributed by atoms with van der Waals surface area (Å²) in [5, 5.41) is 22.0. The summed E-state index contributed by atoms with van der Waals surface area (Å²) in [6, 6.07) is 6.20. The van der Waals surface area contributed by atoms with Gasteiger partial charge < -0.3 is 10.4 Å². The number of urea groups is 1. The number of rotatable bonds is 5. The van der Waals surface area contributed by atoms with Crippen LogP contribution in [0.3, 0.4) is 0 Å². The number of carbonyl (C=O) groups is 3. The molecule has 0 aliphatic carbocycles. The molecule has 0 aliphatic rings. The van der Waals surface area contributed by atoms with E-state index < -0.39 is 17.9 Å². The lowest BCUT2D eigenvalue weighted by molar-refractivity contribution is -0.137. The number of amides is 3. The molecule has 0 bridgehead atoms. The zero-order chi connectivity index (χ0) is 15.8. The standard InChI is InChI=1S/C14H15N3O4/c1-9-4-2-5-11(10(9)8-15)16-14(21)17-12(18)6-3-7-13(19)20/h2,4-5H,3,6-7H2,1H3,(H,19,20)(H2,16,17,18,21). The maximum Gasteiger partial charge on any atom is 0.325 e. The summed E-state index contributed by atoms with van der Waals surface area (Å²) in [4.78, 5) is 33.4. The van der Waals surface area contributed by atoms with E-state index >= 15 is 0 Å². The number of carboxylic acids is 1. The Balaban J connectivity index is 2.55. The molecule has 1 aromatic rings. The number of aryl methyl sites for hydroxylation is 1. The molecule has 0 saturated carbocycles. The molecular weight excluding hydrogens is 274 g/mol. The van der Waals surface area contributed by atoms with E-state index in [1.807, 2.05) is 6.07 Å². The van der Waals surface area contributed by atoms with Crippen molar-refractivity contribution in [3.8, 4) is 6.07 Å². The number of nitrogens with one attached hydrogen (secondary N) is 2. The molecule has 3 amide bonds. The summed E-state index contributed by atoms with van der Waals surface area (Å²) < 4.78 is 0. The van der Waals surface area contributed by atoms with E-state index in [-0.39, 0.29) is 19.3 Å². The Kier molecular flexibility index (Phi) is 5.89. The molecule has 7 heteroatoms. The highest BCUT2D eigenvalue weighted by Gasteiger charge is 2.11. The molecule has 0 atom stereocenters. The van der Waals surface area contributed by atoms with Gasteiger partial charge >= 0.3 is 12.0 Å². The van der Waals surface area contributed by atoms with Crippen LogP contribution in [0.1, 0.15) is 30.4 Å². The van der Waals surface area contributed by atoms with Gasteiger partial charge in [0.25, 0.3) is 0 Å². The van der Waals surface area contributed by atoms with Crippen molar-refractivity contribution in [3.05, 3.63) is 29.3 Å². The number of benzene rings is 1. The molecule has 0 heterocycles. The van der Waals surface area contributed by atoms with Crippen molar-refractivity contribution in [3.63, 3.8) is 0 Å². The van der Waals surface area contributed by atoms with Crippen LogP contribution in [0.4, 0.5) is 10.5 Å². The number of hydrogen-bond acceptors (Lipinski definition) is 4. The van der Waals surface area contributed by atoms with Gasteiger partial charge in [0, 0.05) is 12.8 Å². The molecule has 3 N–H and O–H groups in total. The number of carbonyl (C=O) groups excluding carboxylic acids is 2. The Labute approximate surface area is 121 Å². The Morgan fingerprint density at radius 3 is 2.62 bits per heavy atom. The summed E-state index contributed by atoms with van der Waals surface area (Å²) in [7, 11) is 0. The lowest BCUT2D eigenvalue weighted by Crippen LogP contribution is -2.34. The van der Waals surface area contributed by atoms with Gasteiger partial charge in [-0.05, 0) is 25.0 Å². The maximum atomic E-state index is 11.6. The van der Waals surface area contributed by atoms with Crippen molar-refractivity contribution < 1.29 is 19.5 Å². The molecule has 0 aliphatic heterocycles. The van der Waals surface area contributed by atoms with Crippen LogP contribution >= 0.6 is 0 Å². The highest BCUT2D eigenvalue weighted by molar-refractivity contribution is 6.01. The van der Waals surface area contributed by atoms with Crippen LogP contribution in [0.5, 0.6) is 0 Å². The van der Waals surface area contributed by atoms with Gasteiger partial charge in [0.15, 0.2) is 0 Å². The van der Waals surface area contributed by atoms with Gasteiger partial charge in [-0.1, -0.05) is 12.1 Å². The third-order valence-corrected chi connectivity index (χ3v) is 2.68. The second kappa shape index (κ2) is 7.65. The van der Waals surface area contributed by atoms with Gasteiger partial charge in [-0.15, -0.1) is 0 Å². The van der Waals surface area contributed by atoms with E-state index in [0.717, 1.165) is 0 Å². The molecule has 0 fully saturated rings. The first-order chi connectivity index (χ1) is 9.93. The average molecular weight is 289 g/mol. The molecule has 21 heavy (non-hydrogen) atoms. The highest BCUT2D eigenvalue weighted by Crippen LogP contribution is 2.17. The molecule has 1 rings (SSSR count). The topological polar surface area (TPSA) is 119 Å². The van der Waals surface area contributed by atoms with Crippen molar-refractivity contribution in [2.45, 2.75) is 26.2 Å². The van der Waals surface area contributed by atoms with Crippen LogP contribution in [-0.2, 0) is 9.59 Å². The molecule has 0 radical (unpaired) electrons. The summed E-state index contributed by atoms with van der Waals surface area (Å²) >= 11 is 0. The molecule has 7 nitrogen and oxygen atoms in total. The monoisotopic (exact) mass is 289 g/mol. The second-order valence-corrected chi connectivity index (χ2v) is 4.36. The summed E-state index contributed by atoms with van der Waals surface area (Å²) in [5.41, 5.74) is 1.35. The highest BCUT2D eigenvalue weighted by atomic mass is 16.4. The van der Waals surface area contributed by atoms with Crippen LogP contribution in [0, 0.1) is 18.3 Å².